The third-order valence-corrected chi connectivity index (χ3v) is 3.65. The number of carboxylic acids is 1. The molecule has 2 rings (SSSR count). The topological polar surface area (TPSA) is 57.5 Å². The van der Waals surface area contributed by atoms with Gasteiger partial charge in [-0.2, -0.15) is 0 Å². The van der Waals surface area contributed by atoms with Crippen LogP contribution in [-0.2, 0) is 4.79 Å². The highest BCUT2D eigenvalue weighted by Crippen LogP contribution is 2.52. The van der Waals surface area contributed by atoms with Gasteiger partial charge in [-0.05, 0) is 30.6 Å². The van der Waals surface area contributed by atoms with Gasteiger partial charge < -0.3 is 10.2 Å². The van der Waals surface area contributed by atoms with E-state index >= 15 is 0 Å². The van der Waals surface area contributed by atoms with Crippen molar-refractivity contribution in [1.82, 2.24) is 0 Å². The molecular weight excluding hydrogens is 156 g/mol. The van der Waals surface area contributed by atoms with Gasteiger partial charge in [0.25, 0.3) is 0 Å². The highest BCUT2D eigenvalue weighted by atomic mass is 16.4. The van der Waals surface area contributed by atoms with E-state index in [-0.39, 0.29) is 29.8 Å². The Hall–Kier alpha value is -0.570. The summed E-state index contributed by atoms with van der Waals surface area (Å²) in [7, 11) is 0. The van der Waals surface area contributed by atoms with Crippen molar-refractivity contribution in [2.45, 2.75) is 25.9 Å². The Morgan fingerprint density at radius 2 is 2.08 bits per heavy atom. The van der Waals surface area contributed by atoms with E-state index in [1.807, 2.05) is 6.92 Å². The number of carboxylic acid groups (broad SMARTS) is 1. The summed E-state index contributed by atoms with van der Waals surface area (Å²) in [5.74, 6) is -0.231. The predicted octanol–water partition coefficient (Wildman–Crippen LogP) is 0.724. The summed E-state index contributed by atoms with van der Waals surface area (Å²) >= 11 is 0. The second kappa shape index (κ2) is 2.46. The van der Waals surface area contributed by atoms with E-state index in [9.17, 15) is 9.90 Å². The molecule has 5 unspecified atom stereocenters. The van der Waals surface area contributed by atoms with Crippen molar-refractivity contribution in [2.24, 2.45) is 23.7 Å². The molecule has 2 fully saturated rings. The van der Waals surface area contributed by atoms with Crippen molar-refractivity contribution in [3.63, 3.8) is 0 Å². The van der Waals surface area contributed by atoms with Gasteiger partial charge in [-0.15, -0.1) is 0 Å². The molecule has 2 bridgehead atoms. The number of hydrogen-bond donors (Lipinski definition) is 2. The van der Waals surface area contributed by atoms with E-state index in [1.54, 1.807) is 0 Å². The minimum absolute atomic E-state index is 0.163. The molecule has 0 saturated heterocycles. The predicted molar refractivity (Wildman–Crippen MR) is 42.5 cm³/mol. The van der Waals surface area contributed by atoms with E-state index in [0.29, 0.717) is 6.42 Å². The first-order valence-electron chi connectivity index (χ1n) is 4.52. The van der Waals surface area contributed by atoms with Crippen LogP contribution in [0, 0.1) is 23.7 Å². The Kier molecular flexibility index (Phi) is 1.65. The maximum absolute atomic E-state index is 10.8. The molecule has 68 valence electrons. The van der Waals surface area contributed by atoms with Crippen LogP contribution in [0.25, 0.3) is 0 Å². The third-order valence-electron chi connectivity index (χ3n) is 3.65. The number of aliphatic hydroxyl groups excluding tert-OH is 1. The first-order chi connectivity index (χ1) is 5.61. The summed E-state index contributed by atoms with van der Waals surface area (Å²) in [5, 5.41) is 18.4. The summed E-state index contributed by atoms with van der Waals surface area (Å²) < 4.78 is 0. The number of fused-ring (bicyclic) bond motifs is 2. The maximum Gasteiger partial charge on any atom is 0.307 e. The summed E-state index contributed by atoms with van der Waals surface area (Å²) in [6, 6.07) is 0. The van der Waals surface area contributed by atoms with E-state index in [2.05, 4.69) is 0 Å². The SMILES string of the molecule is CC1C2CC(CC2O)C1C(=O)O. The average Bonchev–Trinajstić information content (AvgIpc) is 2.42. The van der Waals surface area contributed by atoms with Gasteiger partial charge in [0.2, 0.25) is 0 Å². The van der Waals surface area contributed by atoms with Crippen molar-refractivity contribution in [2.75, 3.05) is 0 Å². The lowest BCUT2D eigenvalue weighted by Crippen LogP contribution is -2.33. The molecule has 0 heterocycles. The molecule has 12 heavy (non-hydrogen) atoms. The van der Waals surface area contributed by atoms with Crippen LogP contribution in [0.1, 0.15) is 19.8 Å². The number of hydrogen-bond acceptors (Lipinski definition) is 2. The lowest BCUT2D eigenvalue weighted by Gasteiger charge is -2.28. The molecule has 2 saturated carbocycles. The molecule has 0 aromatic rings. The first kappa shape index (κ1) is 8.05. The van der Waals surface area contributed by atoms with Crippen molar-refractivity contribution >= 4 is 5.97 Å². The molecule has 0 aromatic carbocycles. The number of carbonyl (C=O) groups is 1. The fourth-order valence-electron chi connectivity index (χ4n) is 3.07. The van der Waals surface area contributed by atoms with E-state index in [1.165, 1.54) is 0 Å². The van der Waals surface area contributed by atoms with Crippen molar-refractivity contribution < 1.29 is 15.0 Å². The third kappa shape index (κ3) is 0.891. The molecule has 2 aliphatic carbocycles. The van der Waals surface area contributed by atoms with Gasteiger partial charge in [0.1, 0.15) is 0 Å². The molecular formula is C9H14O3. The van der Waals surface area contributed by atoms with Gasteiger partial charge in [0, 0.05) is 0 Å². The monoisotopic (exact) mass is 170 g/mol. The van der Waals surface area contributed by atoms with Gasteiger partial charge in [-0.25, -0.2) is 0 Å². The maximum atomic E-state index is 10.8. The zero-order chi connectivity index (χ0) is 8.88. The van der Waals surface area contributed by atoms with Crippen LogP contribution in [-0.4, -0.2) is 22.3 Å². The van der Waals surface area contributed by atoms with Gasteiger partial charge in [0.05, 0.1) is 12.0 Å². The highest BCUT2D eigenvalue weighted by molar-refractivity contribution is 5.71. The zero-order valence-electron chi connectivity index (χ0n) is 7.10. The van der Waals surface area contributed by atoms with Crippen LogP contribution in [0.5, 0.6) is 0 Å². The van der Waals surface area contributed by atoms with Gasteiger partial charge in [0.15, 0.2) is 0 Å². The Morgan fingerprint density at radius 1 is 1.42 bits per heavy atom. The Bertz CT molecular complexity index is 212. The van der Waals surface area contributed by atoms with Crippen LogP contribution in [0.2, 0.25) is 0 Å². The fraction of sp³-hybridized carbons (Fsp3) is 0.889. The Balaban J connectivity index is 2.18. The molecule has 2 aliphatic rings. The summed E-state index contributed by atoms with van der Waals surface area (Å²) in [6.07, 6.45) is 1.38. The minimum atomic E-state index is -0.679. The molecule has 0 spiro atoms. The molecule has 3 nitrogen and oxygen atoms in total. The number of aliphatic carboxylic acids is 1. The normalized spacial score (nSPS) is 51.3. The average molecular weight is 170 g/mol. The number of aliphatic hydroxyl groups is 1. The molecule has 5 atom stereocenters. The lowest BCUT2D eigenvalue weighted by atomic mass is 9.79. The number of rotatable bonds is 1. The molecule has 0 radical (unpaired) electrons. The zero-order valence-corrected chi connectivity index (χ0v) is 7.10. The second-order valence-corrected chi connectivity index (χ2v) is 4.19. The van der Waals surface area contributed by atoms with E-state index in [4.69, 9.17) is 5.11 Å². The van der Waals surface area contributed by atoms with Gasteiger partial charge in [-0.1, -0.05) is 6.92 Å². The van der Waals surface area contributed by atoms with Crippen molar-refractivity contribution in [3.05, 3.63) is 0 Å². The summed E-state index contributed by atoms with van der Waals surface area (Å²) in [4.78, 5) is 10.8. The fourth-order valence-corrected chi connectivity index (χ4v) is 3.07. The molecule has 2 N–H and O–H groups in total. The highest BCUT2D eigenvalue weighted by Gasteiger charge is 2.52. The first-order valence-corrected chi connectivity index (χ1v) is 4.52. The summed E-state index contributed by atoms with van der Waals surface area (Å²) in [6.45, 7) is 1.95. The van der Waals surface area contributed by atoms with Crippen LogP contribution in [0.4, 0.5) is 0 Å². The van der Waals surface area contributed by atoms with Crippen LogP contribution in [0.15, 0.2) is 0 Å². The molecule has 0 aromatic heterocycles. The molecule has 0 aliphatic heterocycles. The van der Waals surface area contributed by atoms with Crippen LogP contribution < -0.4 is 0 Å². The van der Waals surface area contributed by atoms with E-state index in [0.717, 1.165) is 6.42 Å². The quantitative estimate of drug-likeness (QED) is 0.609. The summed E-state index contributed by atoms with van der Waals surface area (Å²) in [5.41, 5.74) is 0. The van der Waals surface area contributed by atoms with Crippen LogP contribution in [0.3, 0.4) is 0 Å². The van der Waals surface area contributed by atoms with Gasteiger partial charge in [-0.3, -0.25) is 4.79 Å². The van der Waals surface area contributed by atoms with E-state index < -0.39 is 5.97 Å². The minimum Gasteiger partial charge on any atom is -0.481 e. The smallest absolute Gasteiger partial charge is 0.307 e. The Morgan fingerprint density at radius 3 is 2.50 bits per heavy atom. The largest absolute Gasteiger partial charge is 0.481 e. The second-order valence-electron chi connectivity index (χ2n) is 4.19. The van der Waals surface area contributed by atoms with Gasteiger partial charge >= 0.3 is 5.97 Å². The standard InChI is InChI=1S/C9H14O3/c1-4-6-2-5(3-7(6)10)8(4)9(11)12/h4-8,10H,2-3H2,1H3,(H,11,12). The lowest BCUT2D eigenvalue weighted by molar-refractivity contribution is -0.146. The Labute approximate surface area is 71.4 Å². The van der Waals surface area contributed by atoms with Crippen molar-refractivity contribution in [3.8, 4) is 0 Å². The molecule has 3 heteroatoms. The van der Waals surface area contributed by atoms with Crippen molar-refractivity contribution in [1.29, 1.82) is 0 Å². The molecule has 0 amide bonds. The van der Waals surface area contributed by atoms with Crippen LogP contribution >= 0.6 is 0 Å².